The minimum absolute atomic E-state index is 0.121. The number of rotatable bonds is 1. The minimum atomic E-state index is -0.313. The summed E-state index contributed by atoms with van der Waals surface area (Å²) in [6.45, 7) is 0.765. The number of likely N-dealkylation sites (tertiary alicyclic amines) is 1. The lowest BCUT2D eigenvalue weighted by Crippen LogP contribution is -2.41. The standard InChI is InChI=1S/C14H17N3O/c15-14(18)17-9-2-1-6-13(17)11-4-3-5-12-10(11)7-8-16-12/h3-5,7-8,13,16H,1-2,6,9H2,(H2,15,18). The van der Waals surface area contributed by atoms with E-state index < -0.39 is 0 Å². The Morgan fingerprint density at radius 1 is 1.33 bits per heavy atom. The molecular formula is C14H17N3O. The first-order valence-corrected chi connectivity index (χ1v) is 6.39. The molecule has 1 fully saturated rings. The van der Waals surface area contributed by atoms with Gasteiger partial charge in [-0.05, 0) is 37.0 Å². The van der Waals surface area contributed by atoms with Gasteiger partial charge in [-0.2, -0.15) is 0 Å². The summed E-state index contributed by atoms with van der Waals surface area (Å²) in [5, 5.41) is 1.19. The van der Waals surface area contributed by atoms with E-state index in [9.17, 15) is 4.79 Å². The van der Waals surface area contributed by atoms with E-state index in [1.165, 1.54) is 10.9 Å². The maximum atomic E-state index is 11.6. The lowest BCUT2D eigenvalue weighted by atomic mass is 9.93. The average Bonchev–Trinajstić information content (AvgIpc) is 2.86. The Kier molecular flexibility index (Phi) is 2.70. The molecule has 0 saturated carbocycles. The zero-order chi connectivity index (χ0) is 12.5. The van der Waals surface area contributed by atoms with Crippen LogP contribution in [0.25, 0.3) is 10.9 Å². The Labute approximate surface area is 106 Å². The summed E-state index contributed by atoms with van der Waals surface area (Å²) < 4.78 is 0. The summed E-state index contributed by atoms with van der Waals surface area (Å²) in [4.78, 5) is 16.6. The molecule has 0 bridgehead atoms. The fourth-order valence-electron chi connectivity index (χ4n) is 2.92. The number of benzene rings is 1. The van der Waals surface area contributed by atoms with Crippen LogP contribution in [0.3, 0.4) is 0 Å². The number of amides is 2. The number of hydrogen-bond acceptors (Lipinski definition) is 1. The van der Waals surface area contributed by atoms with Crippen molar-refractivity contribution in [2.45, 2.75) is 25.3 Å². The lowest BCUT2D eigenvalue weighted by molar-refractivity contribution is 0.160. The van der Waals surface area contributed by atoms with Gasteiger partial charge in [0.1, 0.15) is 0 Å². The van der Waals surface area contributed by atoms with E-state index >= 15 is 0 Å². The Morgan fingerprint density at radius 2 is 2.22 bits per heavy atom. The van der Waals surface area contributed by atoms with Gasteiger partial charge in [0.05, 0.1) is 6.04 Å². The summed E-state index contributed by atoms with van der Waals surface area (Å²) in [5.41, 5.74) is 7.81. The molecule has 1 atom stereocenters. The molecular weight excluding hydrogens is 226 g/mol. The third-order valence-electron chi connectivity index (χ3n) is 3.77. The van der Waals surface area contributed by atoms with Crippen LogP contribution in [-0.2, 0) is 0 Å². The molecule has 3 N–H and O–H groups in total. The first-order chi connectivity index (χ1) is 8.77. The predicted octanol–water partition coefficient (Wildman–Crippen LogP) is 2.77. The summed E-state index contributed by atoms with van der Waals surface area (Å²) in [7, 11) is 0. The SMILES string of the molecule is NC(=O)N1CCCCC1c1cccc2[nH]ccc12. The zero-order valence-corrected chi connectivity index (χ0v) is 10.2. The number of piperidine rings is 1. The highest BCUT2D eigenvalue weighted by Gasteiger charge is 2.27. The van der Waals surface area contributed by atoms with E-state index in [-0.39, 0.29) is 12.1 Å². The number of nitrogens with one attached hydrogen (secondary N) is 1. The smallest absolute Gasteiger partial charge is 0.315 e. The molecule has 2 heterocycles. The van der Waals surface area contributed by atoms with Gasteiger partial charge in [-0.25, -0.2) is 4.79 Å². The summed E-state index contributed by atoms with van der Waals surface area (Å²) in [6, 6.07) is 8.06. The second kappa shape index (κ2) is 4.37. The van der Waals surface area contributed by atoms with Gasteiger partial charge in [-0.15, -0.1) is 0 Å². The third-order valence-corrected chi connectivity index (χ3v) is 3.77. The fraction of sp³-hybridized carbons (Fsp3) is 0.357. The molecule has 1 aromatic heterocycles. The van der Waals surface area contributed by atoms with Gasteiger partial charge in [-0.3, -0.25) is 0 Å². The van der Waals surface area contributed by atoms with E-state index in [0.29, 0.717) is 0 Å². The molecule has 1 saturated heterocycles. The first-order valence-electron chi connectivity index (χ1n) is 6.39. The lowest BCUT2D eigenvalue weighted by Gasteiger charge is -2.35. The predicted molar refractivity (Wildman–Crippen MR) is 71.2 cm³/mol. The van der Waals surface area contributed by atoms with Gasteiger partial charge in [0.2, 0.25) is 0 Å². The monoisotopic (exact) mass is 243 g/mol. The molecule has 3 rings (SSSR count). The number of hydrogen-bond donors (Lipinski definition) is 2. The van der Waals surface area contributed by atoms with Crippen molar-refractivity contribution >= 4 is 16.9 Å². The highest BCUT2D eigenvalue weighted by molar-refractivity contribution is 5.84. The minimum Gasteiger partial charge on any atom is -0.361 e. The second-order valence-corrected chi connectivity index (χ2v) is 4.83. The van der Waals surface area contributed by atoms with Gasteiger partial charge in [0, 0.05) is 23.6 Å². The molecule has 0 spiro atoms. The zero-order valence-electron chi connectivity index (χ0n) is 10.2. The van der Waals surface area contributed by atoms with Crippen molar-refractivity contribution in [2.24, 2.45) is 5.73 Å². The number of aromatic amines is 1. The van der Waals surface area contributed by atoms with E-state index in [1.54, 1.807) is 4.90 Å². The number of H-pyrrole nitrogens is 1. The molecule has 2 amide bonds. The third kappa shape index (κ3) is 1.74. The van der Waals surface area contributed by atoms with E-state index in [1.807, 2.05) is 12.3 Å². The van der Waals surface area contributed by atoms with Crippen molar-refractivity contribution in [3.05, 3.63) is 36.0 Å². The second-order valence-electron chi connectivity index (χ2n) is 4.83. The van der Waals surface area contributed by atoms with Crippen LogP contribution in [0.1, 0.15) is 30.9 Å². The molecule has 2 aromatic rings. The highest BCUT2D eigenvalue weighted by atomic mass is 16.2. The number of carbonyl (C=O) groups excluding carboxylic acids is 1. The van der Waals surface area contributed by atoms with E-state index in [4.69, 9.17) is 5.73 Å². The Balaban J connectivity index is 2.06. The Bertz CT molecular complexity index is 575. The first kappa shape index (κ1) is 11.1. The summed E-state index contributed by atoms with van der Waals surface area (Å²) >= 11 is 0. The quantitative estimate of drug-likeness (QED) is 0.794. The maximum absolute atomic E-state index is 11.6. The van der Waals surface area contributed by atoms with Crippen molar-refractivity contribution in [1.29, 1.82) is 0 Å². The van der Waals surface area contributed by atoms with Crippen LogP contribution in [0.2, 0.25) is 0 Å². The molecule has 4 nitrogen and oxygen atoms in total. The van der Waals surface area contributed by atoms with Crippen LogP contribution >= 0.6 is 0 Å². The van der Waals surface area contributed by atoms with Crippen molar-refractivity contribution < 1.29 is 4.79 Å². The number of primary amides is 1. The molecule has 1 aromatic carbocycles. The van der Waals surface area contributed by atoms with Crippen LogP contribution in [0.4, 0.5) is 4.79 Å². The van der Waals surface area contributed by atoms with Crippen LogP contribution in [0.5, 0.6) is 0 Å². The molecule has 94 valence electrons. The largest absolute Gasteiger partial charge is 0.361 e. The Morgan fingerprint density at radius 3 is 3.06 bits per heavy atom. The van der Waals surface area contributed by atoms with Gasteiger partial charge in [0.25, 0.3) is 0 Å². The molecule has 1 aliphatic rings. The van der Waals surface area contributed by atoms with E-state index in [0.717, 1.165) is 31.3 Å². The molecule has 1 aliphatic heterocycles. The maximum Gasteiger partial charge on any atom is 0.315 e. The number of nitrogens with zero attached hydrogens (tertiary/aromatic N) is 1. The van der Waals surface area contributed by atoms with Gasteiger partial charge in [0.15, 0.2) is 0 Å². The molecule has 0 aliphatic carbocycles. The number of aromatic nitrogens is 1. The molecule has 1 unspecified atom stereocenters. The number of fused-ring (bicyclic) bond motifs is 1. The van der Waals surface area contributed by atoms with Crippen LogP contribution < -0.4 is 5.73 Å². The normalized spacial score (nSPS) is 20.2. The van der Waals surface area contributed by atoms with Crippen molar-refractivity contribution in [3.8, 4) is 0 Å². The number of urea groups is 1. The average molecular weight is 243 g/mol. The fourth-order valence-corrected chi connectivity index (χ4v) is 2.92. The van der Waals surface area contributed by atoms with Crippen LogP contribution in [-0.4, -0.2) is 22.5 Å². The van der Waals surface area contributed by atoms with Crippen LogP contribution in [0.15, 0.2) is 30.5 Å². The topological polar surface area (TPSA) is 62.1 Å². The summed E-state index contributed by atoms with van der Waals surface area (Å²) in [5.74, 6) is 0. The van der Waals surface area contributed by atoms with Gasteiger partial charge in [-0.1, -0.05) is 12.1 Å². The summed E-state index contributed by atoms with van der Waals surface area (Å²) in [6.07, 6.45) is 5.12. The number of nitrogens with two attached hydrogens (primary N) is 1. The van der Waals surface area contributed by atoms with Crippen LogP contribution in [0, 0.1) is 0 Å². The molecule has 4 heteroatoms. The van der Waals surface area contributed by atoms with Gasteiger partial charge < -0.3 is 15.6 Å². The van der Waals surface area contributed by atoms with Crippen molar-refractivity contribution in [1.82, 2.24) is 9.88 Å². The highest BCUT2D eigenvalue weighted by Crippen LogP contribution is 2.34. The van der Waals surface area contributed by atoms with Crippen molar-refractivity contribution in [2.75, 3.05) is 6.54 Å². The molecule has 18 heavy (non-hydrogen) atoms. The van der Waals surface area contributed by atoms with Gasteiger partial charge >= 0.3 is 6.03 Å². The van der Waals surface area contributed by atoms with E-state index in [2.05, 4.69) is 23.2 Å². The number of carbonyl (C=O) groups is 1. The van der Waals surface area contributed by atoms with Crippen molar-refractivity contribution in [3.63, 3.8) is 0 Å². The Hall–Kier alpha value is -1.97. The molecule has 0 radical (unpaired) electrons.